The van der Waals surface area contributed by atoms with E-state index in [2.05, 4.69) is 20.7 Å². The Balaban J connectivity index is 1.49. The number of carbonyl (C=O) groups excluding carboxylic acids is 2. The van der Waals surface area contributed by atoms with Crippen molar-refractivity contribution in [3.63, 3.8) is 0 Å². The monoisotopic (exact) mass is 409 g/mol. The summed E-state index contributed by atoms with van der Waals surface area (Å²) in [5.41, 5.74) is 4.08. The van der Waals surface area contributed by atoms with Crippen LogP contribution in [-0.4, -0.2) is 33.1 Å². The molecule has 0 bridgehead atoms. The first kappa shape index (κ1) is 21.2. The van der Waals surface area contributed by atoms with Gasteiger partial charge in [0.25, 0.3) is 0 Å². The minimum atomic E-state index is -0.315. The Hall–Kier alpha value is -3.55. The molecular formula is C22H24FN5O2. The van der Waals surface area contributed by atoms with E-state index >= 15 is 0 Å². The number of nitrogens with zero attached hydrogens (tertiary/aromatic N) is 3. The van der Waals surface area contributed by atoms with E-state index in [9.17, 15) is 14.0 Å². The number of benzene rings is 1. The predicted octanol–water partition coefficient (Wildman–Crippen LogP) is 2.39. The predicted molar refractivity (Wildman–Crippen MR) is 110 cm³/mol. The largest absolute Gasteiger partial charge is 0.355 e. The second-order valence-corrected chi connectivity index (χ2v) is 6.95. The Morgan fingerprint density at radius 1 is 1.00 bits per heavy atom. The van der Waals surface area contributed by atoms with Crippen LogP contribution in [0.3, 0.4) is 0 Å². The molecule has 0 radical (unpaired) electrons. The number of pyridine rings is 1. The van der Waals surface area contributed by atoms with Gasteiger partial charge in [-0.3, -0.25) is 14.6 Å². The van der Waals surface area contributed by atoms with Crippen LogP contribution in [0.15, 0.2) is 48.8 Å². The molecule has 8 heteroatoms. The van der Waals surface area contributed by atoms with Crippen LogP contribution in [0.25, 0.3) is 5.69 Å². The topological polar surface area (TPSA) is 88.9 Å². The zero-order valence-corrected chi connectivity index (χ0v) is 17.0. The highest BCUT2D eigenvalue weighted by Crippen LogP contribution is 2.18. The Kier molecular flexibility index (Phi) is 6.90. The fraction of sp³-hybridized carbons (Fsp3) is 0.273. The first-order valence-electron chi connectivity index (χ1n) is 9.67. The highest BCUT2D eigenvalue weighted by Gasteiger charge is 2.16. The number of halogens is 1. The molecule has 0 saturated carbocycles. The number of nitrogens with one attached hydrogen (secondary N) is 2. The molecule has 2 aromatic heterocycles. The second-order valence-electron chi connectivity index (χ2n) is 6.95. The molecule has 2 heterocycles. The first-order chi connectivity index (χ1) is 14.4. The highest BCUT2D eigenvalue weighted by molar-refractivity contribution is 5.80. The summed E-state index contributed by atoms with van der Waals surface area (Å²) in [6, 6.07) is 9.69. The summed E-state index contributed by atoms with van der Waals surface area (Å²) in [5.74, 6) is -0.630. The van der Waals surface area contributed by atoms with E-state index in [4.69, 9.17) is 0 Å². The van der Waals surface area contributed by atoms with Gasteiger partial charge in [-0.2, -0.15) is 5.10 Å². The molecule has 0 spiro atoms. The lowest BCUT2D eigenvalue weighted by molar-refractivity contribution is -0.122. The van der Waals surface area contributed by atoms with Gasteiger partial charge in [0.2, 0.25) is 11.8 Å². The van der Waals surface area contributed by atoms with Gasteiger partial charge >= 0.3 is 0 Å². The number of hydrogen-bond acceptors (Lipinski definition) is 4. The molecule has 0 aliphatic heterocycles. The number of aromatic nitrogens is 3. The van der Waals surface area contributed by atoms with Crippen LogP contribution in [0.4, 0.5) is 4.39 Å². The van der Waals surface area contributed by atoms with Crippen molar-refractivity contribution in [1.82, 2.24) is 25.4 Å². The van der Waals surface area contributed by atoms with Gasteiger partial charge in [0.05, 0.1) is 17.8 Å². The Morgan fingerprint density at radius 3 is 2.40 bits per heavy atom. The Bertz CT molecular complexity index is 1020. The summed E-state index contributed by atoms with van der Waals surface area (Å²) in [4.78, 5) is 28.2. The lowest BCUT2D eigenvalue weighted by atomic mass is 10.1. The molecule has 0 aliphatic carbocycles. The molecule has 3 rings (SSSR count). The minimum absolute atomic E-state index is 0.136. The van der Waals surface area contributed by atoms with E-state index in [0.717, 1.165) is 28.2 Å². The number of amides is 2. The Labute approximate surface area is 174 Å². The number of carbonyl (C=O) groups is 2. The van der Waals surface area contributed by atoms with Crippen molar-refractivity contribution in [1.29, 1.82) is 0 Å². The SMILES string of the molecule is Cc1nn(-c2ccc(F)cc2)c(C)c1CC(=O)NCCC(=O)NCc1ccncc1. The van der Waals surface area contributed by atoms with Crippen molar-refractivity contribution in [2.24, 2.45) is 0 Å². The van der Waals surface area contributed by atoms with Crippen LogP contribution >= 0.6 is 0 Å². The van der Waals surface area contributed by atoms with Crippen molar-refractivity contribution in [3.8, 4) is 5.69 Å². The zero-order chi connectivity index (χ0) is 21.5. The first-order valence-corrected chi connectivity index (χ1v) is 9.67. The molecule has 0 aliphatic rings. The maximum Gasteiger partial charge on any atom is 0.224 e. The summed E-state index contributed by atoms with van der Waals surface area (Å²) >= 11 is 0. The third-order valence-corrected chi connectivity index (χ3v) is 4.76. The molecular weight excluding hydrogens is 385 g/mol. The lowest BCUT2D eigenvalue weighted by Gasteiger charge is -2.08. The zero-order valence-electron chi connectivity index (χ0n) is 17.0. The Morgan fingerprint density at radius 2 is 1.70 bits per heavy atom. The maximum absolute atomic E-state index is 13.2. The summed E-state index contributed by atoms with van der Waals surface area (Å²) < 4.78 is 14.9. The van der Waals surface area contributed by atoms with Gasteiger partial charge in [-0.05, 0) is 55.8 Å². The minimum Gasteiger partial charge on any atom is -0.355 e. The van der Waals surface area contributed by atoms with E-state index in [1.165, 1.54) is 12.1 Å². The van der Waals surface area contributed by atoms with Gasteiger partial charge in [0, 0.05) is 43.2 Å². The smallest absolute Gasteiger partial charge is 0.224 e. The van der Waals surface area contributed by atoms with Gasteiger partial charge in [0.1, 0.15) is 5.82 Å². The van der Waals surface area contributed by atoms with Crippen LogP contribution in [-0.2, 0) is 22.6 Å². The normalized spacial score (nSPS) is 10.6. The van der Waals surface area contributed by atoms with Crippen LogP contribution < -0.4 is 10.6 Å². The molecule has 0 saturated heterocycles. The van der Waals surface area contributed by atoms with Crippen LogP contribution in [0, 0.1) is 19.7 Å². The molecule has 2 amide bonds. The molecule has 7 nitrogen and oxygen atoms in total. The summed E-state index contributed by atoms with van der Waals surface area (Å²) in [6.07, 6.45) is 3.70. The van der Waals surface area contributed by atoms with Gasteiger partial charge < -0.3 is 10.6 Å². The summed E-state index contributed by atoms with van der Waals surface area (Å²) in [7, 11) is 0. The van der Waals surface area contributed by atoms with E-state index in [1.54, 1.807) is 29.2 Å². The van der Waals surface area contributed by atoms with Crippen molar-refractivity contribution in [2.75, 3.05) is 6.54 Å². The molecule has 3 aromatic rings. The fourth-order valence-electron chi connectivity index (χ4n) is 3.09. The van der Waals surface area contributed by atoms with Crippen molar-refractivity contribution in [2.45, 2.75) is 33.2 Å². The molecule has 2 N–H and O–H groups in total. The maximum atomic E-state index is 13.2. The van der Waals surface area contributed by atoms with Crippen LogP contribution in [0.2, 0.25) is 0 Å². The highest BCUT2D eigenvalue weighted by atomic mass is 19.1. The van der Waals surface area contributed by atoms with Gasteiger partial charge in [-0.1, -0.05) is 0 Å². The molecule has 1 aromatic carbocycles. The second kappa shape index (κ2) is 9.78. The van der Waals surface area contributed by atoms with Crippen LogP contribution in [0.5, 0.6) is 0 Å². The van der Waals surface area contributed by atoms with E-state index in [1.807, 2.05) is 26.0 Å². The van der Waals surface area contributed by atoms with Gasteiger partial charge in [0.15, 0.2) is 0 Å². The number of rotatable bonds is 8. The van der Waals surface area contributed by atoms with Crippen molar-refractivity contribution < 1.29 is 14.0 Å². The average Bonchev–Trinajstić information content (AvgIpc) is 3.02. The third-order valence-electron chi connectivity index (χ3n) is 4.76. The van der Waals surface area contributed by atoms with Gasteiger partial charge in [-0.15, -0.1) is 0 Å². The van der Waals surface area contributed by atoms with E-state index in [-0.39, 0.29) is 37.0 Å². The fourth-order valence-corrected chi connectivity index (χ4v) is 3.09. The summed E-state index contributed by atoms with van der Waals surface area (Å²) in [5, 5.41) is 10.1. The van der Waals surface area contributed by atoms with Crippen molar-refractivity contribution in [3.05, 3.63) is 77.1 Å². The quantitative estimate of drug-likeness (QED) is 0.598. The summed E-state index contributed by atoms with van der Waals surface area (Å²) in [6.45, 7) is 4.39. The van der Waals surface area contributed by atoms with Crippen LogP contribution in [0.1, 0.15) is 28.9 Å². The molecule has 0 unspecified atom stereocenters. The number of aryl methyl sites for hydroxylation is 1. The van der Waals surface area contributed by atoms with E-state index < -0.39 is 0 Å². The molecule has 0 atom stereocenters. The molecule has 156 valence electrons. The third kappa shape index (κ3) is 5.50. The number of hydrogen-bond donors (Lipinski definition) is 2. The van der Waals surface area contributed by atoms with Crippen molar-refractivity contribution >= 4 is 11.8 Å². The molecule has 30 heavy (non-hydrogen) atoms. The standard InChI is InChI=1S/C22H24FN5O2/c1-15-20(16(2)28(27-15)19-5-3-18(23)4-6-19)13-22(30)25-12-9-21(29)26-14-17-7-10-24-11-8-17/h3-8,10-11H,9,12-14H2,1-2H3,(H,25,30)(H,26,29). The lowest BCUT2D eigenvalue weighted by Crippen LogP contribution is -2.31. The van der Waals surface area contributed by atoms with Gasteiger partial charge in [-0.25, -0.2) is 9.07 Å². The molecule has 0 fully saturated rings. The van der Waals surface area contributed by atoms with E-state index in [0.29, 0.717) is 6.54 Å². The average molecular weight is 409 g/mol.